The zero-order chi connectivity index (χ0) is 22.0. The molecule has 0 aliphatic carbocycles. The highest BCUT2D eigenvalue weighted by molar-refractivity contribution is 7.99. The van der Waals surface area contributed by atoms with Crippen LogP contribution < -0.4 is 10.6 Å². The Balaban J connectivity index is 2.92. The van der Waals surface area contributed by atoms with Crippen LogP contribution in [0.5, 0.6) is 0 Å². The minimum Gasteiger partial charge on any atom is -0.444 e. The number of hydrogen-bond donors (Lipinski definition) is 2. The Labute approximate surface area is 178 Å². The quantitative estimate of drug-likeness (QED) is 0.602. The van der Waals surface area contributed by atoms with Crippen LogP contribution in [0.15, 0.2) is 30.3 Å². The first kappa shape index (κ1) is 25.0. The summed E-state index contributed by atoms with van der Waals surface area (Å²) in [6, 6.07) is 8.14. The minimum atomic E-state index is -0.773. The van der Waals surface area contributed by atoms with Crippen molar-refractivity contribution in [3.05, 3.63) is 35.9 Å². The van der Waals surface area contributed by atoms with Crippen molar-refractivity contribution >= 4 is 29.5 Å². The molecule has 0 bridgehead atoms. The van der Waals surface area contributed by atoms with Crippen molar-refractivity contribution in [1.29, 1.82) is 0 Å². The molecule has 2 N–H and O–H groups in total. The third-order valence-electron chi connectivity index (χ3n) is 3.99. The maximum atomic E-state index is 12.9. The van der Waals surface area contributed by atoms with E-state index in [1.807, 2.05) is 50.4 Å². The molecule has 7 heteroatoms. The number of alkyl carbamates (subject to hydrolysis) is 1. The second-order valence-corrected chi connectivity index (χ2v) is 9.34. The summed E-state index contributed by atoms with van der Waals surface area (Å²) in [5, 5.41) is 5.51. The van der Waals surface area contributed by atoms with Crippen LogP contribution in [-0.4, -0.2) is 47.5 Å². The number of carbonyl (C=O) groups excluding carboxylic acids is 3. The second-order valence-electron chi connectivity index (χ2n) is 8.48. The molecule has 29 heavy (non-hydrogen) atoms. The lowest BCUT2D eigenvalue weighted by Gasteiger charge is -2.26. The van der Waals surface area contributed by atoms with E-state index in [-0.39, 0.29) is 17.6 Å². The van der Waals surface area contributed by atoms with Gasteiger partial charge in [0.2, 0.25) is 5.91 Å². The average Bonchev–Trinajstić information content (AvgIpc) is 2.59. The molecule has 162 valence electrons. The van der Waals surface area contributed by atoms with Crippen molar-refractivity contribution in [3.8, 4) is 0 Å². The number of nitrogens with one attached hydrogen (secondary N) is 2. The van der Waals surface area contributed by atoms with Gasteiger partial charge in [0.1, 0.15) is 11.6 Å². The Morgan fingerprint density at radius 1 is 1.03 bits per heavy atom. The minimum absolute atomic E-state index is 0.0460. The third-order valence-corrected chi connectivity index (χ3v) is 4.56. The van der Waals surface area contributed by atoms with E-state index in [0.717, 1.165) is 5.56 Å². The molecule has 0 spiro atoms. The van der Waals surface area contributed by atoms with Gasteiger partial charge >= 0.3 is 6.09 Å². The number of rotatable bonds is 10. The van der Waals surface area contributed by atoms with Gasteiger partial charge in [-0.15, -0.1) is 0 Å². The number of amides is 2. The number of benzene rings is 1. The normalized spacial score (nSPS) is 13.5. The molecule has 0 aliphatic heterocycles. The van der Waals surface area contributed by atoms with Crippen LogP contribution >= 0.6 is 11.8 Å². The third kappa shape index (κ3) is 10.4. The molecule has 0 saturated heterocycles. The van der Waals surface area contributed by atoms with Crippen LogP contribution in [0.25, 0.3) is 0 Å². The molecule has 1 aromatic carbocycles. The SMILES string of the molecule is CSCC(=O)C(Cc1ccccc1)NC(=O)C(CC(C)C)NC(=O)OC(C)(C)C. The maximum Gasteiger partial charge on any atom is 0.408 e. The van der Waals surface area contributed by atoms with Gasteiger partial charge in [-0.3, -0.25) is 9.59 Å². The first-order valence-corrected chi connectivity index (χ1v) is 11.3. The van der Waals surface area contributed by atoms with Gasteiger partial charge in [-0.25, -0.2) is 4.79 Å². The van der Waals surface area contributed by atoms with E-state index in [1.54, 1.807) is 20.8 Å². The van der Waals surface area contributed by atoms with Crippen LogP contribution in [-0.2, 0) is 20.7 Å². The summed E-state index contributed by atoms with van der Waals surface area (Å²) in [5.41, 5.74) is 0.306. The zero-order valence-electron chi connectivity index (χ0n) is 18.3. The standard InChI is InChI=1S/C22H34N2O4S/c1-15(2)12-18(24-21(27)28-22(3,4)5)20(26)23-17(19(25)14-29-6)13-16-10-8-7-9-11-16/h7-11,15,17-18H,12-14H2,1-6H3,(H,23,26)(H,24,27). The van der Waals surface area contributed by atoms with Crippen molar-refractivity contribution in [2.24, 2.45) is 5.92 Å². The number of hydrogen-bond acceptors (Lipinski definition) is 5. The molecule has 1 aromatic rings. The maximum absolute atomic E-state index is 12.9. The number of carbonyl (C=O) groups is 3. The lowest BCUT2D eigenvalue weighted by Crippen LogP contribution is -2.53. The topological polar surface area (TPSA) is 84.5 Å². The van der Waals surface area contributed by atoms with E-state index in [2.05, 4.69) is 10.6 Å². The molecule has 1 rings (SSSR count). The van der Waals surface area contributed by atoms with Gasteiger partial charge in [0.05, 0.1) is 11.8 Å². The Morgan fingerprint density at radius 2 is 1.66 bits per heavy atom. The molecule has 0 radical (unpaired) electrons. The van der Waals surface area contributed by atoms with Gasteiger partial charge < -0.3 is 15.4 Å². The summed E-state index contributed by atoms with van der Waals surface area (Å²) in [4.78, 5) is 37.7. The van der Waals surface area contributed by atoms with Gasteiger partial charge in [-0.1, -0.05) is 44.2 Å². The van der Waals surface area contributed by atoms with Gasteiger partial charge in [-0.2, -0.15) is 11.8 Å². The summed E-state index contributed by atoms with van der Waals surface area (Å²) >= 11 is 1.42. The molecular formula is C22H34N2O4S. The lowest BCUT2D eigenvalue weighted by atomic mass is 10.00. The first-order chi connectivity index (χ1) is 13.5. The number of ketones is 1. The average molecular weight is 423 g/mol. The predicted octanol–water partition coefficient (Wildman–Crippen LogP) is 3.59. The number of thioether (sulfide) groups is 1. The van der Waals surface area contributed by atoms with E-state index in [9.17, 15) is 14.4 Å². The molecule has 2 amide bonds. The molecule has 0 heterocycles. The van der Waals surface area contributed by atoms with Crippen LogP contribution in [0.1, 0.15) is 46.6 Å². The van der Waals surface area contributed by atoms with Crippen molar-refractivity contribution in [2.75, 3.05) is 12.0 Å². The number of ether oxygens (including phenoxy) is 1. The van der Waals surface area contributed by atoms with E-state index in [1.165, 1.54) is 11.8 Å². The fourth-order valence-corrected chi connectivity index (χ4v) is 3.25. The predicted molar refractivity (Wildman–Crippen MR) is 118 cm³/mol. The van der Waals surface area contributed by atoms with E-state index in [0.29, 0.717) is 18.6 Å². The molecule has 6 nitrogen and oxygen atoms in total. The van der Waals surface area contributed by atoms with Crippen LogP contribution in [0.3, 0.4) is 0 Å². The second kappa shape index (κ2) is 11.9. The van der Waals surface area contributed by atoms with Crippen molar-refractivity contribution in [2.45, 2.75) is 65.1 Å². The monoisotopic (exact) mass is 422 g/mol. The Kier molecular flexibility index (Phi) is 10.2. The summed E-state index contributed by atoms with van der Waals surface area (Å²) < 4.78 is 5.29. The molecule has 2 atom stereocenters. The fourth-order valence-electron chi connectivity index (χ4n) is 2.76. The molecule has 0 aliphatic rings. The highest BCUT2D eigenvalue weighted by Crippen LogP contribution is 2.11. The van der Waals surface area contributed by atoms with Crippen LogP contribution in [0.2, 0.25) is 0 Å². The van der Waals surface area contributed by atoms with Crippen LogP contribution in [0, 0.1) is 5.92 Å². The summed E-state index contributed by atoms with van der Waals surface area (Å²) in [7, 11) is 0. The smallest absolute Gasteiger partial charge is 0.408 e. The highest BCUT2D eigenvalue weighted by Gasteiger charge is 2.28. The Morgan fingerprint density at radius 3 is 2.17 bits per heavy atom. The highest BCUT2D eigenvalue weighted by atomic mass is 32.2. The molecule has 0 fully saturated rings. The molecular weight excluding hydrogens is 388 g/mol. The summed E-state index contributed by atoms with van der Waals surface area (Å²) in [6.07, 6.45) is 2.06. The molecule has 0 aromatic heterocycles. The zero-order valence-corrected chi connectivity index (χ0v) is 19.1. The van der Waals surface area contributed by atoms with E-state index < -0.39 is 23.8 Å². The molecule has 2 unspecified atom stereocenters. The van der Waals surface area contributed by atoms with E-state index in [4.69, 9.17) is 4.74 Å². The fraction of sp³-hybridized carbons (Fsp3) is 0.591. The Hall–Kier alpha value is -2.02. The van der Waals surface area contributed by atoms with Gasteiger partial charge in [0, 0.05) is 0 Å². The van der Waals surface area contributed by atoms with Crippen molar-refractivity contribution in [3.63, 3.8) is 0 Å². The summed E-state index contributed by atoms with van der Waals surface area (Å²) in [6.45, 7) is 9.23. The number of Topliss-reactive ketones (excluding diaryl/α,β-unsaturated/α-hetero) is 1. The van der Waals surface area contributed by atoms with Gasteiger partial charge in [0.25, 0.3) is 0 Å². The largest absolute Gasteiger partial charge is 0.444 e. The van der Waals surface area contributed by atoms with Crippen molar-refractivity contribution < 1.29 is 19.1 Å². The molecule has 0 saturated carbocycles. The van der Waals surface area contributed by atoms with Crippen LogP contribution in [0.4, 0.5) is 4.79 Å². The van der Waals surface area contributed by atoms with E-state index >= 15 is 0 Å². The Bertz CT molecular complexity index is 671. The van der Waals surface area contributed by atoms with Gasteiger partial charge in [-0.05, 0) is 51.3 Å². The van der Waals surface area contributed by atoms with Crippen molar-refractivity contribution in [1.82, 2.24) is 10.6 Å². The lowest BCUT2D eigenvalue weighted by molar-refractivity contribution is -0.128. The van der Waals surface area contributed by atoms with Gasteiger partial charge in [0.15, 0.2) is 5.78 Å². The summed E-state index contributed by atoms with van der Waals surface area (Å²) in [5.74, 6) is 0.0666. The first-order valence-electron chi connectivity index (χ1n) is 9.87.